The van der Waals surface area contributed by atoms with Crippen LogP contribution in [-0.2, 0) is 19.9 Å². The van der Waals surface area contributed by atoms with Crippen molar-refractivity contribution < 1.29 is 0 Å². The van der Waals surface area contributed by atoms with E-state index in [4.69, 9.17) is 0 Å². The van der Waals surface area contributed by atoms with E-state index in [0.29, 0.717) is 11.5 Å². The van der Waals surface area contributed by atoms with Gasteiger partial charge in [0.05, 0.1) is 15.9 Å². The zero-order valence-electron chi connectivity index (χ0n) is 13.2. The molecular formula is C15H28BrN3. The lowest BCUT2D eigenvalue weighted by atomic mass is 9.84. The van der Waals surface area contributed by atoms with E-state index >= 15 is 0 Å². The molecule has 19 heavy (non-hydrogen) atoms. The fourth-order valence-corrected chi connectivity index (χ4v) is 3.39. The minimum Gasteiger partial charge on any atom is -0.316 e. The third-order valence-corrected chi connectivity index (χ3v) is 4.72. The Kier molecular flexibility index (Phi) is 6.06. The van der Waals surface area contributed by atoms with Gasteiger partial charge in [-0.25, -0.2) is 0 Å². The SMILES string of the molecule is CCc1nn(C)c(CCCC(NC)C(C)(C)C)c1Br. The summed E-state index contributed by atoms with van der Waals surface area (Å²) in [5.41, 5.74) is 2.80. The first-order chi connectivity index (χ1) is 8.81. The summed E-state index contributed by atoms with van der Waals surface area (Å²) in [6.45, 7) is 9.03. The molecule has 0 amide bonds. The molecule has 3 nitrogen and oxygen atoms in total. The summed E-state index contributed by atoms with van der Waals surface area (Å²) in [7, 11) is 4.10. The largest absolute Gasteiger partial charge is 0.316 e. The van der Waals surface area contributed by atoms with Crippen molar-refractivity contribution in [1.82, 2.24) is 15.1 Å². The minimum atomic E-state index is 0.313. The number of rotatable bonds is 6. The van der Waals surface area contributed by atoms with Crippen LogP contribution in [0.3, 0.4) is 0 Å². The van der Waals surface area contributed by atoms with Crippen molar-refractivity contribution in [2.45, 2.75) is 59.4 Å². The monoisotopic (exact) mass is 329 g/mol. The number of aromatic nitrogens is 2. The lowest BCUT2D eigenvalue weighted by molar-refractivity contribution is 0.263. The molecule has 0 radical (unpaired) electrons. The normalized spacial score (nSPS) is 13.8. The van der Waals surface area contributed by atoms with E-state index < -0.39 is 0 Å². The van der Waals surface area contributed by atoms with Gasteiger partial charge in [0.1, 0.15) is 0 Å². The highest BCUT2D eigenvalue weighted by molar-refractivity contribution is 9.10. The molecule has 1 N–H and O–H groups in total. The molecule has 1 rings (SSSR count). The Labute approximate surface area is 126 Å². The maximum absolute atomic E-state index is 4.55. The summed E-state index contributed by atoms with van der Waals surface area (Å²) >= 11 is 3.69. The van der Waals surface area contributed by atoms with Crippen molar-refractivity contribution in [3.05, 3.63) is 15.9 Å². The van der Waals surface area contributed by atoms with E-state index in [1.807, 2.05) is 11.7 Å². The van der Waals surface area contributed by atoms with Crippen LogP contribution in [0.1, 0.15) is 51.9 Å². The van der Waals surface area contributed by atoms with Gasteiger partial charge in [0.25, 0.3) is 0 Å². The Morgan fingerprint density at radius 1 is 1.37 bits per heavy atom. The molecule has 0 saturated heterocycles. The van der Waals surface area contributed by atoms with Gasteiger partial charge in [-0.1, -0.05) is 27.7 Å². The average molecular weight is 330 g/mol. The maximum atomic E-state index is 4.55. The van der Waals surface area contributed by atoms with Gasteiger partial charge in [0.2, 0.25) is 0 Å². The Morgan fingerprint density at radius 2 is 2.00 bits per heavy atom. The van der Waals surface area contributed by atoms with Gasteiger partial charge in [0.15, 0.2) is 0 Å². The fourth-order valence-electron chi connectivity index (χ4n) is 2.58. The Hall–Kier alpha value is -0.350. The van der Waals surface area contributed by atoms with Crippen LogP contribution in [0.25, 0.3) is 0 Å². The lowest BCUT2D eigenvalue weighted by Crippen LogP contribution is -2.37. The third kappa shape index (κ3) is 4.32. The molecule has 110 valence electrons. The molecule has 0 aliphatic heterocycles. The Morgan fingerprint density at radius 3 is 2.42 bits per heavy atom. The van der Waals surface area contributed by atoms with Crippen LogP contribution in [0.15, 0.2) is 4.47 Å². The van der Waals surface area contributed by atoms with Crippen molar-refractivity contribution in [2.24, 2.45) is 12.5 Å². The van der Waals surface area contributed by atoms with Crippen molar-refractivity contribution >= 4 is 15.9 Å². The van der Waals surface area contributed by atoms with E-state index in [1.165, 1.54) is 28.7 Å². The molecule has 0 aromatic carbocycles. The van der Waals surface area contributed by atoms with Crippen molar-refractivity contribution in [3.63, 3.8) is 0 Å². The van der Waals surface area contributed by atoms with Gasteiger partial charge in [-0.3, -0.25) is 4.68 Å². The molecule has 0 spiro atoms. The molecule has 1 aromatic rings. The summed E-state index contributed by atoms with van der Waals surface area (Å²) in [4.78, 5) is 0. The first-order valence-electron chi connectivity index (χ1n) is 7.18. The molecule has 1 aromatic heterocycles. The van der Waals surface area contributed by atoms with Gasteiger partial charge in [0, 0.05) is 13.1 Å². The number of hydrogen-bond acceptors (Lipinski definition) is 2. The van der Waals surface area contributed by atoms with Crippen molar-refractivity contribution in [3.8, 4) is 0 Å². The Bertz CT molecular complexity index is 404. The van der Waals surface area contributed by atoms with Crippen LogP contribution in [0.4, 0.5) is 0 Å². The van der Waals surface area contributed by atoms with Gasteiger partial charge >= 0.3 is 0 Å². The summed E-state index contributed by atoms with van der Waals surface area (Å²) in [6, 6.07) is 0.560. The molecule has 0 saturated carbocycles. The van der Waals surface area contributed by atoms with E-state index in [0.717, 1.165) is 12.8 Å². The first kappa shape index (κ1) is 16.7. The third-order valence-electron chi connectivity index (χ3n) is 3.80. The smallest absolute Gasteiger partial charge is 0.0766 e. The van der Waals surface area contributed by atoms with Crippen molar-refractivity contribution in [1.29, 1.82) is 0 Å². The molecule has 4 heteroatoms. The van der Waals surface area contributed by atoms with Crippen LogP contribution in [0.5, 0.6) is 0 Å². The molecular weight excluding hydrogens is 302 g/mol. The number of nitrogens with one attached hydrogen (secondary N) is 1. The zero-order valence-corrected chi connectivity index (χ0v) is 14.8. The number of nitrogens with zero attached hydrogens (tertiary/aromatic N) is 2. The van der Waals surface area contributed by atoms with E-state index in [1.54, 1.807) is 0 Å². The summed E-state index contributed by atoms with van der Waals surface area (Å²) in [5, 5.41) is 7.99. The lowest BCUT2D eigenvalue weighted by Gasteiger charge is -2.30. The molecule has 1 unspecified atom stereocenters. The van der Waals surface area contributed by atoms with Crippen LogP contribution in [0, 0.1) is 5.41 Å². The average Bonchev–Trinajstić information content (AvgIpc) is 2.59. The quantitative estimate of drug-likeness (QED) is 0.862. The minimum absolute atomic E-state index is 0.313. The topological polar surface area (TPSA) is 29.9 Å². The summed E-state index contributed by atoms with van der Waals surface area (Å²) in [6.07, 6.45) is 4.44. The molecule has 1 heterocycles. The van der Waals surface area contributed by atoms with Gasteiger partial charge in [-0.15, -0.1) is 0 Å². The van der Waals surface area contributed by atoms with Gasteiger partial charge in [-0.05, 0) is 54.1 Å². The predicted octanol–water partition coefficient (Wildman–Crippen LogP) is 3.70. The highest BCUT2D eigenvalue weighted by Crippen LogP contribution is 2.26. The number of aryl methyl sites for hydroxylation is 2. The van der Waals surface area contributed by atoms with Gasteiger partial charge < -0.3 is 5.32 Å². The van der Waals surface area contributed by atoms with Crippen LogP contribution < -0.4 is 5.32 Å². The second-order valence-electron chi connectivity index (χ2n) is 6.28. The van der Waals surface area contributed by atoms with E-state index in [2.05, 4.69) is 61.1 Å². The van der Waals surface area contributed by atoms with Crippen LogP contribution in [0.2, 0.25) is 0 Å². The van der Waals surface area contributed by atoms with Crippen LogP contribution in [-0.4, -0.2) is 22.9 Å². The molecule has 0 fully saturated rings. The Balaban J connectivity index is 2.61. The maximum Gasteiger partial charge on any atom is 0.0766 e. The van der Waals surface area contributed by atoms with Crippen LogP contribution >= 0.6 is 15.9 Å². The molecule has 1 atom stereocenters. The van der Waals surface area contributed by atoms with E-state index in [-0.39, 0.29) is 0 Å². The van der Waals surface area contributed by atoms with E-state index in [9.17, 15) is 0 Å². The second-order valence-corrected chi connectivity index (χ2v) is 7.08. The predicted molar refractivity (Wildman–Crippen MR) is 85.5 cm³/mol. The standard InChI is InChI=1S/C15H28BrN3/c1-7-11-14(16)12(19(6)18-11)9-8-10-13(17-5)15(2,3)4/h13,17H,7-10H2,1-6H3. The van der Waals surface area contributed by atoms with Gasteiger partial charge in [-0.2, -0.15) is 5.10 Å². The summed E-state index contributed by atoms with van der Waals surface area (Å²) < 4.78 is 3.23. The summed E-state index contributed by atoms with van der Waals surface area (Å²) in [5.74, 6) is 0. The highest BCUT2D eigenvalue weighted by atomic mass is 79.9. The zero-order chi connectivity index (χ0) is 14.6. The first-order valence-corrected chi connectivity index (χ1v) is 7.98. The number of hydrogen-bond donors (Lipinski definition) is 1. The molecule has 0 aliphatic carbocycles. The fraction of sp³-hybridized carbons (Fsp3) is 0.800. The number of halogens is 1. The van der Waals surface area contributed by atoms with Crippen molar-refractivity contribution in [2.75, 3.05) is 7.05 Å². The molecule has 0 bridgehead atoms. The molecule has 0 aliphatic rings. The highest BCUT2D eigenvalue weighted by Gasteiger charge is 2.22. The second kappa shape index (κ2) is 6.89.